The van der Waals surface area contributed by atoms with Crippen molar-refractivity contribution in [2.24, 2.45) is 0 Å². The number of alkyl halides is 3. The molecule has 0 bridgehead atoms. The second-order valence-corrected chi connectivity index (χ2v) is 12.3. The van der Waals surface area contributed by atoms with E-state index in [0.717, 1.165) is 25.5 Å². The van der Waals surface area contributed by atoms with Crippen LogP contribution in [0.4, 0.5) is 28.2 Å². The molecule has 2 unspecified atom stereocenters. The van der Waals surface area contributed by atoms with Crippen LogP contribution in [0.5, 0.6) is 6.01 Å². The van der Waals surface area contributed by atoms with E-state index in [1.807, 2.05) is 7.05 Å². The topological polar surface area (TPSA) is 80.3 Å². The second-order valence-electron chi connectivity index (χ2n) is 11.5. The maximum Gasteiger partial charge on any atom is 0.417 e. The van der Waals surface area contributed by atoms with Crippen molar-refractivity contribution in [1.82, 2.24) is 19.8 Å². The number of anilines is 1. The number of rotatable bonds is 7. The third kappa shape index (κ3) is 6.80. The van der Waals surface area contributed by atoms with Crippen LogP contribution in [0.2, 0.25) is 0 Å². The van der Waals surface area contributed by atoms with Crippen LogP contribution in [0.1, 0.15) is 45.6 Å². The molecule has 2 aromatic rings. The number of ether oxygens (including phenoxy) is 3. The van der Waals surface area contributed by atoms with E-state index in [1.165, 1.54) is 7.11 Å². The van der Waals surface area contributed by atoms with Crippen molar-refractivity contribution in [3.63, 3.8) is 0 Å². The molecule has 2 fully saturated rings. The summed E-state index contributed by atoms with van der Waals surface area (Å²) in [5, 5.41) is -0.127. The molecule has 0 saturated carbocycles. The molecule has 9 nitrogen and oxygen atoms in total. The van der Waals surface area contributed by atoms with E-state index in [0.29, 0.717) is 13.0 Å². The summed E-state index contributed by atoms with van der Waals surface area (Å²) in [4.78, 5) is 27.0. The van der Waals surface area contributed by atoms with Crippen molar-refractivity contribution in [3.05, 3.63) is 21.9 Å². The Hall–Kier alpha value is -2.45. The lowest BCUT2D eigenvalue weighted by Crippen LogP contribution is -2.49. The number of fused-ring (bicyclic) bond motifs is 1. The molecule has 0 N–H and O–H groups in total. The van der Waals surface area contributed by atoms with E-state index in [1.54, 1.807) is 37.6 Å². The van der Waals surface area contributed by atoms with Crippen molar-refractivity contribution < 1.29 is 36.6 Å². The Kier molecular flexibility index (Phi) is 9.25. The first kappa shape index (κ1) is 31.5. The minimum absolute atomic E-state index is 0.0545. The van der Waals surface area contributed by atoms with Gasteiger partial charge in [-0.05, 0) is 75.6 Å². The van der Waals surface area contributed by atoms with E-state index in [4.69, 9.17) is 14.2 Å². The number of nitrogens with zero attached hydrogens (tertiary/aromatic N) is 5. The smallest absolute Gasteiger partial charge is 0.417 e. The highest BCUT2D eigenvalue weighted by Gasteiger charge is 2.43. The monoisotopic (exact) mass is 649 g/mol. The molecule has 14 heteroatoms. The van der Waals surface area contributed by atoms with E-state index >= 15 is 4.39 Å². The van der Waals surface area contributed by atoms with Gasteiger partial charge in [0.05, 0.1) is 28.7 Å². The lowest BCUT2D eigenvalue weighted by atomic mass is 10.1. The Morgan fingerprint density at radius 3 is 2.46 bits per heavy atom. The number of hydrogen-bond donors (Lipinski definition) is 0. The van der Waals surface area contributed by atoms with Gasteiger partial charge in [-0.1, -0.05) is 0 Å². The van der Waals surface area contributed by atoms with Crippen molar-refractivity contribution in [2.75, 3.05) is 52.4 Å². The summed E-state index contributed by atoms with van der Waals surface area (Å²) in [5.41, 5.74) is -2.21. The number of amides is 1. The summed E-state index contributed by atoms with van der Waals surface area (Å²) in [5.74, 6) is -1.11. The summed E-state index contributed by atoms with van der Waals surface area (Å²) in [6.45, 7) is 6.92. The summed E-state index contributed by atoms with van der Waals surface area (Å²) in [6, 6.07) is -0.132. The number of hydrogen-bond acceptors (Lipinski definition) is 8. The van der Waals surface area contributed by atoms with Crippen LogP contribution in [0.3, 0.4) is 0 Å². The van der Waals surface area contributed by atoms with Crippen molar-refractivity contribution in [2.45, 2.75) is 69.9 Å². The molecule has 3 atom stereocenters. The number of methoxy groups -OCH3 is 1. The highest BCUT2D eigenvalue weighted by molar-refractivity contribution is 9.10. The standard InChI is InChI=1S/C27H36BrF4N5O4/c1-26(2,3)41-25(38)37-11-9-18(19(37)14-39-6)36(5)23-16-12-17(27(30,31)32)20(28)21(29)22(16)33-24(34-23)40-13-15-8-7-10-35(15)4/h12,15,18-19H,7-11,13-14H2,1-6H3/t15-,18?,19?/m0/s1. The number of carbonyl (C=O) groups excluding carboxylic acids is 1. The van der Waals surface area contributed by atoms with Crippen LogP contribution in [0.15, 0.2) is 10.5 Å². The Morgan fingerprint density at radius 1 is 1.17 bits per heavy atom. The number of likely N-dealkylation sites (tertiary alicyclic amines) is 2. The van der Waals surface area contributed by atoms with Crippen LogP contribution in [0, 0.1) is 5.82 Å². The molecule has 228 valence electrons. The van der Waals surface area contributed by atoms with Gasteiger partial charge in [-0.25, -0.2) is 9.18 Å². The molecule has 0 spiro atoms. The Labute approximate surface area is 245 Å². The second kappa shape index (κ2) is 12.0. The predicted molar refractivity (Wildman–Crippen MR) is 149 cm³/mol. The number of benzene rings is 1. The molecule has 1 aromatic carbocycles. The van der Waals surface area contributed by atoms with E-state index < -0.39 is 45.8 Å². The van der Waals surface area contributed by atoms with E-state index in [9.17, 15) is 18.0 Å². The Balaban J connectivity index is 1.77. The van der Waals surface area contributed by atoms with Crippen LogP contribution in [-0.2, 0) is 15.7 Å². The molecule has 3 heterocycles. The highest BCUT2D eigenvalue weighted by Crippen LogP contribution is 2.42. The predicted octanol–water partition coefficient (Wildman–Crippen LogP) is 5.48. The van der Waals surface area contributed by atoms with Gasteiger partial charge in [-0.2, -0.15) is 23.1 Å². The minimum Gasteiger partial charge on any atom is -0.462 e. The lowest BCUT2D eigenvalue weighted by molar-refractivity contribution is -0.138. The zero-order valence-corrected chi connectivity index (χ0v) is 25.6. The summed E-state index contributed by atoms with van der Waals surface area (Å²) < 4.78 is 73.3. The van der Waals surface area contributed by atoms with Crippen LogP contribution in [0.25, 0.3) is 10.9 Å². The highest BCUT2D eigenvalue weighted by atomic mass is 79.9. The average molecular weight is 651 g/mol. The van der Waals surface area contributed by atoms with Crippen molar-refractivity contribution in [1.29, 1.82) is 0 Å². The average Bonchev–Trinajstić information content (AvgIpc) is 3.48. The fraction of sp³-hybridized carbons (Fsp3) is 0.667. The van der Waals surface area contributed by atoms with Crippen LogP contribution < -0.4 is 9.64 Å². The molecule has 41 heavy (non-hydrogen) atoms. The van der Waals surface area contributed by atoms with Gasteiger partial charge >= 0.3 is 18.3 Å². The minimum atomic E-state index is -4.83. The molecule has 4 rings (SSSR count). The third-order valence-corrected chi connectivity index (χ3v) is 8.30. The first-order valence-corrected chi connectivity index (χ1v) is 14.2. The first-order valence-electron chi connectivity index (χ1n) is 13.4. The third-order valence-electron chi connectivity index (χ3n) is 7.52. The maximum absolute atomic E-state index is 15.5. The fourth-order valence-corrected chi connectivity index (χ4v) is 5.96. The fourth-order valence-electron chi connectivity index (χ4n) is 5.43. The zero-order chi connectivity index (χ0) is 30.3. The quantitative estimate of drug-likeness (QED) is 0.365. The van der Waals surface area contributed by atoms with Gasteiger partial charge in [0, 0.05) is 32.1 Å². The van der Waals surface area contributed by atoms with Gasteiger partial charge < -0.3 is 28.9 Å². The van der Waals surface area contributed by atoms with Gasteiger partial charge in [-0.3, -0.25) is 0 Å². The van der Waals surface area contributed by atoms with Gasteiger partial charge in [0.1, 0.15) is 23.5 Å². The number of likely N-dealkylation sites (N-methyl/N-ethyl adjacent to an activating group) is 2. The summed E-state index contributed by atoms with van der Waals surface area (Å²) in [7, 11) is 5.12. The summed E-state index contributed by atoms with van der Waals surface area (Å²) in [6.07, 6.45) is -2.99. The first-order chi connectivity index (χ1) is 19.1. The molecule has 2 saturated heterocycles. The zero-order valence-electron chi connectivity index (χ0n) is 24.0. The normalized spacial score (nSPS) is 22.0. The molecular formula is C27H36BrF4N5O4. The molecule has 1 aromatic heterocycles. The van der Waals surface area contributed by atoms with Crippen molar-refractivity contribution >= 4 is 38.7 Å². The lowest BCUT2D eigenvalue weighted by Gasteiger charge is -2.34. The number of aromatic nitrogens is 2. The summed E-state index contributed by atoms with van der Waals surface area (Å²) >= 11 is 2.78. The molecular weight excluding hydrogens is 614 g/mol. The van der Waals surface area contributed by atoms with Crippen LogP contribution in [-0.4, -0.2) is 97.1 Å². The maximum atomic E-state index is 15.5. The van der Waals surface area contributed by atoms with E-state index in [2.05, 4.69) is 30.8 Å². The van der Waals surface area contributed by atoms with Gasteiger partial charge in [-0.15, -0.1) is 0 Å². The van der Waals surface area contributed by atoms with E-state index in [-0.39, 0.29) is 42.0 Å². The van der Waals surface area contributed by atoms with Gasteiger partial charge in [0.2, 0.25) is 0 Å². The molecule has 0 radical (unpaired) electrons. The Bertz CT molecular complexity index is 1280. The van der Waals surface area contributed by atoms with Gasteiger partial charge in [0.25, 0.3) is 0 Å². The SMILES string of the molecule is COCC1C(N(C)c2nc(OC[C@@H]3CCCN3C)nc3c(F)c(Br)c(C(F)(F)F)cc23)CCN1C(=O)OC(C)(C)C. The number of carbonyl (C=O) groups is 1. The van der Waals surface area contributed by atoms with Crippen molar-refractivity contribution in [3.8, 4) is 6.01 Å². The molecule has 2 aliphatic rings. The molecule has 0 aliphatic carbocycles. The van der Waals surface area contributed by atoms with Crippen LogP contribution >= 0.6 is 15.9 Å². The Morgan fingerprint density at radius 2 is 1.88 bits per heavy atom. The van der Waals surface area contributed by atoms with Gasteiger partial charge in [0.15, 0.2) is 5.82 Å². The molecule has 1 amide bonds. The number of halogens is 5. The largest absolute Gasteiger partial charge is 0.462 e. The molecule has 2 aliphatic heterocycles.